The van der Waals surface area contributed by atoms with Crippen LogP contribution >= 0.6 is 11.6 Å². The third-order valence-electron chi connectivity index (χ3n) is 2.63. The predicted octanol–water partition coefficient (Wildman–Crippen LogP) is 3.69. The number of carbonyl (C=O) groups excluding carboxylic acids is 1. The Bertz CT molecular complexity index is 545. The number of Topliss-reactive ketones (excluding diaryl/α,β-unsaturated/α-hetero) is 1. The second kappa shape index (κ2) is 4.90. The Balaban J connectivity index is 2.27. The lowest BCUT2D eigenvalue weighted by atomic mass is 10.1. The molecule has 1 aromatic carbocycles. The molecule has 0 aliphatic rings. The molecule has 2 aromatic rings. The standard InChI is InChI=1S/C13H13ClO3/c1-8(16-2)5-11(15)13-7-9-6-10(14)3-4-12(9)17-13/h3-4,6-8H,5H2,1-2H3. The smallest absolute Gasteiger partial charge is 0.200 e. The predicted molar refractivity (Wildman–Crippen MR) is 66.6 cm³/mol. The summed E-state index contributed by atoms with van der Waals surface area (Å²) in [5.41, 5.74) is 0.669. The normalized spacial score (nSPS) is 12.9. The summed E-state index contributed by atoms with van der Waals surface area (Å²) >= 11 is 5.87. The van der Waals surface area contributed by atoms with E-state index in [0.717, 1.165) is 5.39 Å². The van der Waals surface area contributed by atoms with Gasteiger partial charge >= 0.3 is 0 Å². The van der Waals surface area contributed by atoms with Crippen LogP contribution in [0.5, 0.6) is 0 Å². The monoisotopic (exact) mass is 252 g/mol. The molecule has 90 valence electrons. The number of benzene rings is 1. The van der Waals surface area contributed by atoms with Crippen molar-refractivity contribution in [2.75, 3.05) is 7.11 Å². The largest absolute Gasteiger partial charge is 0.453 e. The summed E-state index contributed by atoms with van der Waals surface area (Å²) in [7, 11) is 1.58. The van der Waals surface area contributed by atoms with Crippen LogP contribution in [0, 0.1) is 0 Å². The second-order valence-electron chi connectivity index (χ2n) is 3.97. The van der Waals surface area contributed by atoms with Gasteiger partial charge in [-0.05, 0) is 31.2 Å². The molecule has 1 heterocycles. The zero-order chi connectivity index (χ0) is 12.4. The van der Waals surface area contributed by atoms with Crippen molar-refractivity contribution in [3.63, 3.8) is 0 Å². The Kier molecular flexibility index (Phi) is 3.50. The summed E-state index contributed by atoms with van der Waals surface area (Å²) in [6.45, 7) is 1.84. The molecule has 0 bridgehead atoms. The number of ether oxygens (including phenoxy) is 1. The van der Waals surface area contributed by atoms with E-state index in [2.05, 4.69) is 0 Å². The summed E-state index contributed by atoms with van der Waals surface area (Å²) in [5, 5.41) is 1.47. The quantitative estimate of drug-likeness (QED) is 0.779. The van der Waals surface area contributed by atoms with Crippen molar-refractivity contribution in [1.29, 1.82) is 0 Å². The van der Waals surface area contributed by atoms with E-state index in [-0.39, 0.29) is 11.9 Å². The highest BCUT2D eigenvalue weighted by Gasteiger charge is 2.15. The minimum Gasteiger partial charge on any atom is -0.453 e. The fourth-order valence-electron chi connectivity index (χ4n) is 1.60. The molecule has 1 aromatic heterocycles. The number of furan rings is 1. The Morgan fingerprint density at radius 2 is 2.24 bits per heavy atom. The maximum absolute atomic E-state index is 11.9. The van der Waals surface area contributed by atoms with E-state index >= 15 is 0 Å². The van der Waals surface area contributed by atoms with Gasteiger partial charge in [-0.3, -0.25) is 4.79 Å². The first kappa shape index (κ1) is 12.1. The zero-order valence-corrected chi connectivity index (χ0v) is 10.5. The number of carbonyl (C=O) groups is 1. The molecule has 1 atom stereocenters. The van der Waals surface area contributed by atoms with Crippen LogP contribution in [0.3, 0.4) is 0 Å². The van der Waals surface area contributed by atoms with Crippen LogP contribution in [0.2, 0.25) is 5.02 Å². The summed E-state index contributed by atoms with van der Waals surface area (Å²) in [6, 6.07) is 6.98. The minimum atomic E-state index is -0.112. The van der Waals surface area contributed by atoms with Crippen molar-refractivity contribution < 1.29 is 13.9 Å². The zero-order valence-electron chi connectivity index (χ0n) is 9.70. The fourth-order valence-corrected chi connectivity index (χ4v) is 1.78. The molecular formula is C13H13ClO3. The van der Waals surface area contributed by atoms with Crippen molar-refractivity contribution in [3.8, 4) is 0 Å². The minimum absolute atomic E-state index is 0.0633. The third-order valence-corrected chi connectivity index (χ3v) is 2.86. The van der Waals surface area contributed by atoms with Gasteiger partial charge in [0.2, 0.25) is 5.78 Å². The van der Waals surface area contributed by atoms with Gasteiger partial charge in [0.25, 0.3) is 0 Å². The van der Waals surface area contributed by atoms with Gasteiger partial charge in [0.1, 0.15) is 5.58 Å². The number of rotatable bonds is 4. The maximum Gasteiger partial charge on any atom is 0.200 e. The van der Waals surface area contributed by atoms with Crippen LogP contribution in [0.4, 0.5) is 0 Å². The number of methoxy groups -OCH3 is 1. The van der Waals surface area contributed by atoms with Crippen LogP contribution < -0.4 is 0 Å². The molecule has 0 aliphatic carbocycles. The molecule has 17 heavy (non-hydrogen) atoms. The lowest BCUT2D eigenvalue weighted by Gasteiger charge is -2.05. The first-order chi connectivity index (χ1) is 8.10. The molecule has 0 saturated heterocycles. The number of fused-ring (bicyclic) bond motifs is 1. The topological polar surface area (TPSA) is 39.4 Å². The molecule has 0 saturated carbocycles. The van der Waals surface area contributed by atoms with Crippen molar-refractivity contribution in [2.24, 2.45) is 0 Å². The summed E-state index contributed by atoms with van der Waals surface area (Å²) < 4.78 is 10.5. The SMILES string of the molecule is COC(C)CC(=O)c1cc2cc(Cl)ccc2o1. The average Bonchev–Trinajstić information content (AvgIpc) is 2.71. The van der Waals surface area contributed by atoms with Gasteiger partial charge in [-0.25, -0.2) is 0 Å². The molecule has 1 unspecified atom stereocenters. The Hall–Kier alpha value is -1.32. The summed E-state index contributed by atoms with van der Waals surface area (Å²) in [5.74, 6) is 0.290. The van der Waals surface area contributed by atoms with Crippen LogP contribution in [0.25, 0.3) is 11.0 Å². The van der Waals surface area contributed by atoms with E-state index in [1.807, 2.05) is 6.92 Å². The van der Waals surface area contributed by atoms with Gasteiger partial charge in [-0.2, -0.15) is 0 Å². The number of hydrogen-bond donors (Lipinski definition) is 0. The van der Waals surface area contributed by atoms with Crippen LogP contribution in [0.1, 0.15) is 23.9 Å². The van der Waals surface area contributed by atoms with Crippen molar-refractivity contribution in [3.05, 3.63) is 35.0 Å². The fraction of sp³-hybridized carbons (Fsp3) is 0.308. The van der Waals surface area contributed by atoms with Gasteiger partial charge < -0.3 is 9.15 Å². The molecule has 2 rings (SSSR count). The van der Waals surface area contributed by atoms with E-state index in [1.54, 1.807) is 31.4 Å². The highest BCUT2D eigenvalue weighted by Crippen LogP contribution is 2.24. The number of halogens is 1. The second-order valence-corrected chi connectivity index (χ2v) is 4.40. The van der Waals surface area contributed by atoms with Gasteiger partial charge in [-0.15, -0.1) is 0 Å². The summed E-state index contributed by atoms with van der Waals surface area (Å²) in [4.78, 5) is 11.9. The summed E-state index contributed by atoms with van der Waals surface area (Å²) in [6.07, 6.45) is 0.198. The number of hydrogen-bond acceptors (Lipinski definition) is 3. The molecule has 0 spiro atoms. The Labute approximate surface area is 104 Å². The molecule has 0 aliphatic heterocycles. The molecule has 3 nitrogen and oxygen atoms in total. The highest BCUT2D eigenvalue weighted by atomic mass is 35.5. The average molecular weight is 253 g/mol. The number of ketones is 1. The van der Waals surface area contributed by atoms with Gasteiger partial charge in [0, 0.05) is 23.9 Å². The Morgan fingerprint density at radius 3 is 2.94 bits per heavy atom. The maximum atomic E-state index is 11.9. The molecular weight excluding hydrogens is 240 g/mol. The van der Waals surface area contributed by atoms with E-state index in [9.17, 15) is 4.79 Å². The highest BCUT2D eigenvalue weighted by molar-refractivity contribution is 6.31. The van der Waals surface area contributed by atoms with Crippen molar-refractivity contribution >= 4 is 28.4 Å². The molecule has 0 fully saturated rings. The Morgan fingerprint density at radius 1 is 1.47 bits per heavy atom. The van der Waals surface area contributed by atoms with Crippen molar-refractivity contribution in [2.45, 2.75) is 19.4 Å². The van der Waals surface area contributed by atoms with Crippen LogP contribution in [-0.4, -0.2) is 19.0 Å². The first-order valence-electron chi connectivity index (χ1n) is 5.35. The molecule has 0 radical (unpaired) electrons. The van der Waals surface area contributed by atoms with E-state index in [1.165, 1.54) is 0 Å². The first-order valence-corrected chi connectivity index (χ1v) is 5.73. The van der Waals surface area contributed by atoms with Crippen molar-refractivity contribution in [1.82, 2.24) is 0 Å². The van der Waals surface area contributed by atoms with E-state index in [0.29, 0.717) is 22.8 Å². The lowest BCUT2D eigenvalue weighted by molar-refractivity contribution is 0.0770. The lowest BCUT2D eigenvalue weighted by Crippen LogP contribution is -2.11. The van der Waals surface area contributed by atoms with Gasteiger partial charge in [0.05, 0.1) is 6.10 Å². The van der Waals surface area contributed by atoms with Gasteiger partial charge in [-0.1, -0.05) is 11.6 Å². The van der Waals surface area contributed by atoms with Crippen LogP contribution in [0.15, 0.2) is 28.7 Å². The third kappa shape index (κ3) is 2.68. The van der Waals surface area contributed by atoms with Crippen LogP contribution in [-0.2, 0) is 4.74 Å². The van der Waals surface area contributed by atoms with E-state index in [4.69, 9.17) is 20.8 Å². The molecule has 4 heteroatoms. The molecule has 0 amide bonds. The van der Waals surface area contributed by atoms with E-state index < -0.39 is 0 Å². The van der Waals surface area contributed by atoms with Gasteiger partial charge in [0.15, 0.2) is 5.76 Å². The molecule has 0 N–H and O–H groups in total.